The van der Waals surface area contributed by atoms with Crippen molar-refractivity contribution in [3.8, 4) is 0 Å². The molecule has 13 nitrogen and oxygen atoms in total. The summed E-state index contributed by atoms with van der Waals surface area (Å²) in [6.07, 6.45) is 11.2. The molecule has 0 radical (unpaired) electrons. The Balaban J connectivity index is -0.0000000336. The van der Waals surface area contributed by atoms with Crippen LogP contribution in [0.5, 0.6) is 0 Å². The topological polar surface area (TPSA) is 349 Å². The molecule has 0 atom stereocenters. The number of quaternary nitrogens is 5. The number of carboxylic acid groups (broad SMARTS) is 1. The van der Waals surface area contributed by atoms with Gasteiger partial charge in [-0.05, 0) is 12.8 Å². The Morgan fingerprint density at radius 1 is 0.633 bits per heavy atom. The fourth-order valence-corrected chi connectivity index (χ4v) is 1.58. The average Bonchev–Trinajstić information content (AvgIpc) is 2.45. The first-order chi connectivity index (χ1) is 11.6. The minimum atomic E-state index is -5.17. The Morgan fingerprint density at radius 2 is 0.833 bits per heavy atom. The predicted molar refractivity (Wildman–Crippen MR) is 118 cm³/mol. The fraction of sp³-hybridized carbons (Fsp3) is 0.938. The Labute approximate surface area is 183 Å². The van der Waals surface area contributed by atoms with Gasteiger partial charge >= 0.3 is 0 Å². The molecule has 0 saturated carbocycles. The Hall–Kier alpha value is -0.940. The van der Waals surface area contributed by atoms with Gasteiger partial charge in [-0.3, -0.25) is 8.42 Å². The van der Waals surface area contributed by atoms with Crippen LogP contribution in [0.4, 0.5) is 0 Å². The number of aliphatic carboxylic acids is 1. The van der Waals surface area contributed by atoms with Gasteiger partial charge in [-0.2, -0.15) is 0 Å². The van der Waals surface area contributed by atoms with E-state index in [-0.39, 0.29) is 50.4 Å². The summed E-state index contributed by atoms with van der Waals surface area (Å²) in [5.41, 5.74) is 0. The van der Waals surface area contributed by atoms with Gasteiger partial charge in [0.2, 0.25) is 0 Å². The molecular weight excluding hydrogens is 422 g/mol. The quantitative estimate of drug-likeness (QED) is 0.176. The van der Waals surface area contributed by atoms with Crippen molar-refractivity contribution in [2.24, 2.45) is 0 Å². The maximum atomic E-state index is 10.1. The summed E-state index contributed by atoms with van der Waals surface area (Å²) in [4.78, 5) is 10.1. The van der Waals surface area contributed by atoms with E-state index in [1.54, 1.807) is 13.8 Å². The minimum Gasteiger partial charge on any atom is -0.855 e. The lowest BCUT2D eigenvalue weighted by Gasteiger charge is -2.06. The van der Waals surface area contributed by atoms with Gasteiger partial charge in [0.1, 0.15) is 0 Å². The molecule has 30 heavy (non-hydrogen) atoms. The first-order valence-electron chi connectivity index (χ1n) is 8.63. The zero-order valence-electron chi connectivity index (χ0n) is 20.7. The molecule has 196 valence electrons. The van der Waals surface area contributed by atoms with Crippen LogP contribution < -0.4 is 46.1 Å². The molecule has 0 amide bonds. The zero-order valence-corrected chi connectivity index (χ0v) is 21.5. The number of carboxylic acids is 1. The van der Waals surface area contributed by atoms with Crippen molar-refractivity contribution >= 4 is 16.4 Å². The van der Waals surface area contributed by atoms with E-state index < -0.39 is 16.4 Å². The van der Waals surface area contributed by atoms with E-state index in [1.807, 2.05) is 0 Å². The second kappa shape index (κ2) is 51.1. The number of unbranched alkanes of at least 4 members (excludes halogenated alkanes) is 8. The van der Waals surface area contributed by atoms with E-state index in [1.165, 1.54) is 44.9 Å². The summed E-state index contributed by atoms with van der Waals surface area (Å²) in [5, 5.41) is 28.0. The third kappa shape index (κ3) is 182. The van der Waals surface area contributed by atoms with E-state index >= 15 is 0 Å². The smallest absolute Gasteiger partial charge is 0.0414 e. The highest BCUT2D eigenvalue weighted by atomic mass is 32.3. The Morgan fingerprint density at radius 3 is 1.03 bits per heavy atom. The van der Waals surface area contributed by atoms with Crippen LogP contribution in [0, 0.1) is 0 Å². The maximum absolute atomic E-state index is 10.1. The highest BCUT2D eigenvalue weighted by Crippen LogP contribution is 2.10. The van der Waals surface area contributed by atoms with Gasteiger partial charge in [-0.1, -0.05) is 72.1 Å². The van der Waals surface area contributed by atoms with Crippen molar-refractivity contribution in [3.05, 3.63) is 0 Å². The van der Waals surface area contributed by atoms with E-state index in [0.29, 0.717) is 0 Å². The van der Waals surface area contributed by atoms with Gasteiger partial charge in [-0.15, -0.1) is 13.2 Å². The van der Waals surface area contributed by atoms with Gasteiger partial charge in [0.05, 0.1) is 0 Å². The summed E-state index contributed by atoms with van der Waals surface area (Å²) >= 11 is 0. The molecule has 0 heterocycles. The first-order valence-corrected chi connectivity index (χ1v) is 9.96. The summed E-state index contributed by atoms with van der Waals surface area (Å²) in [7, 11) is -5.17. The lowest BCUT2D eigenvalue weighted by Crippen LogP contribution is -2.21. The molecule has 0 aromatic rings. The molecule has 0 fully saturated rings. The molecule has 0 rings (SSSR count). The lowest BCUT2D eigenvalue weighted by molar-refractivity contribution is -0.362. The highest BCUT2D eigenvalue weighted by molar-refractivity contribution is 7.79. The molecule has 0 saturated heterocycles. The van der Waals surface area contributed by atoms with E-state index in [2.05, 4.69) is 6.92 Å². The van der Waals surface area contributed by atoms with Crippen LogP contribution in [-0.4, -0.2) is 36.7 Å². The predicted octanol–water partition coefficient (Wildman–Crippen LogP) is 1.93. The van der Waals surface area contributed by atoms with Gasteiger partial charge in [0, 0.05) is 16.4 Å². The summed E-state index contributed by atoms with van der Waals surface area (Å²) in [6.45, 7) is 5.36. The van der Waals surface area contributed by atoms with Crippen molar-refractivity contribution < 1.29 is 37.6 Å². The van der Waals surface area contributed by atoms with Crippen LogP contribution in [0.1, 0.15) is 85.0 Å². The third-order valence-corrected chi connectivity index (χ3v) is 2.48. The number of hydrogen-bond acceptors (Lipinski definition) is 8. The molecule has 20 N–H and O–H groups in total. The molecule has 0 bridgehead atoms. The largest absolute Gasteiger partial charge is 0.855 e. The number of hydrogen-bond donors (Lipinski definition) is 5. The zero-order chi connectivity index (χ0) is 20.6. The normalized spacial score (nSPS) is 7.97. The monoisotopic (exact) mass is 475 g/mol. The van der Waals surface area contributed by atoms with Crippen molar-refractivity contribution in [3.63, 3.8) is 0 Å². The second-order valence-corrected chi connectivity index (χ2v) is 5.75. The van der Waals surface area contributed by atoms with Gasteiger partial charge in [0.15, 0.2) is 0 Å². The molecule has 14 heteroatoms. The van der Waals surface area contributed by atoms with Crippen molar-refractivity contribution in [1.82, 2.24) is 30.8 Å². The Bertz CT molecular complexity index is 341. The summed E-state index contributed by atoms with van der Waals surface area (Å²) < 4.78 is 34.1. The molecule has 0 aromatic heterocycles. The molecule has 0 aliphatic heterocycles. The second-order valence-electron chi connectivity index (χ2n) is 4.94. The van der Waals surface area contributed by atoms with Crippen LogP contribution in [0.3, 0.4) is 0 Å². The standard InChI is InChI=1S/C12H24O2.2C2H5O.5H3N.H2O4S/c1-2-3-4-5-6-7-8-9-10-11-12(13)14;2*1-2-3;;;;;;1-5(2,3)4/h2-11H2,1H3,(H,13,14);2*2H2,1H3;5*1H3;(H2,1,2,3,4)/q;2*-1;;;;;;/p+2. The average molecular weight is 476 g/mol. The van der Waals surface area contributed by atoms with E-state index in [9.17, 15) is 9.90 Å². The molecule has 0 aromatic carbocycles. The SMILES string of the molecule is CCCCCCCCCCCC(=O)[O-].CC[O-].CC[O-].O=S(=O)([O-])[O-].[NH4+].[NH4+].[NH4+].[NH4+].[NH4+]. The van der Waals surface area contributed by atoms with Crippen LogP contribution in [0.2, 0.25) is 0 Å². The Kier molecular flexibility index (Phi) is 96.8. The first kappa shape index (κ1) is 56.9. The van der Waals surface area contributed by atoms with Gasteiger partial charge in [-0.25, -0.2) is 0 Å². The molecule has 0 aliphatic carbocycles. The van der Waals surface area contributed by atoms with Crippen molar-refractivity contribution in [2.75, 3.05) is 13.2 Å². The fourth-order valence-electron chi connectivity index (χ4n) is 1.58. The van der Waals surface area contributed by atoms with E-state index in [4.69, 9.17) is 27.7 Å². The van der Waals surface area contributed by atoms with Gasteiger partial charge in [0.25, 0.3) is 0 Å². The number of carbonyl (C=O) groups is 1. The summed E-state index contributed by atoms with van der Waals surface area (Å²) in [6, 6.07) is 0. The molecular formula is C16H53N5O8S. The van der Waals surface area contributed by atoms with E-state index in [0.717, 1.165) is 12.8 Å². The molecule has 0 unspecified atom stereocenters. The highest BCUT2D eigenvalue weighted by Gasteiger charge is 1.92. The van der Waals surface area contributed by atoms with Crippen LogP contribution in [0.15, 0.2) is 0 Å². The minimum absolute atomic E-state index is 0. The van der Waals surface area contributed by atoms with Crippen LogP contribution in [-0.2, 0) is 15.2 Å². The third-order valence-electron chi connectivity index (χ3n) is 2.48. The summed E-state index contributed by atoms with van der Waals surface area (Å²) in [5.74, 6) is -0.909. The van der Waals surface area contributed by atoms with Crippen LogP contribution >= 0.6 is 0 Å². The lowest BCUT2D eigenvalue weighted by atomic mass is 10.1. The van der Waals surface area contributed by atoms with Crippen molar-refractivity contribution in [1.29, 1.82) is 0 Å². The number of carbonyl (C=O) groups excluding carboxylic acids is 1. The maximum Gasteiger partial charge on any atom is 0.0414 e. The van der Waals surface area contributed by atoms with Gasteiger partial charge < -0.3 is 60.0 Å². The molecule has 0 aliphatic rings. The molecule has 0 spiro atoms. The van der Waals surface area contributed by atoms with Crippen molar-refractivity contribution in [2.45, 2.75) is 85.0 Å². The number of rotatable bonds is 10. The van der Waals surface area contributed by atoms with Crippen LogP contribution in [0.25, 0.3) is 0 Å².